The first-order chi connectivity index (χ1) is 11.0. The molecule has 4 aromatic rings. The molecular weight excluding hydrogens is 436 g/mol. The zero-order chi connectivity index (χ0) is 16.3. The van der Waals surface area contributed by atoms with Gasteiger partial charge in [-0.2, -0.15) is 0 Å². The normalized spacial score (nSPS) is 11.7. The van der Waals surface area contributed by atoms with Crippen molar-refractivity contribution < 1.29 is 4.39 Å². The van der Waals surface area contributed by atoms with Crippen LogP contribution in [0.1, 0.15) is 0 Å². The molecule has 0 bridgehead atoms. The van der Waals surface area contributed by atoms with Crippen LogP contribution in [0.15, 0.2) is 29.3 Å². The number of fused-ring (bicyclic) bond motifs is 2. The summed E-state index contributed by atoms with van der Waals surface area (Å²) in [5, 5.41) is 0.252. The predicted octanol–water partition coefficient (Wildman–Crippen LogP) is 3.00. The number of aromatic amines is 1. The number of hydrogen-bond acceptors (Lipinski definition) is 3. The van der Waals surface area contributed by atoms with Crippen molar-refractivity contribution in [1.29, 1.82) is 0 Å². The molecule has 0 amide bonds. The second-order valence-corrected chi connectivity index (χ2v) is 6.64. The van der Waals surface area contributed by atoms with Crippen LogP contribution in [0.25, 0.3) is 28.0 Å². The molecule has 116 valence electrons. The van der Waals surface area contributed by atoms with E-state index in [0.717, 1.165) is 3.57 Å². The van der Waals surface area contributed by atoms with E-state index in [1.165, 1.54) is 16.7 Å². The standard InChI is InChI=1S/C14H8ClFIN5O/c1-21-5-18-10-9(15)11-12(19-13(10)21)20-14(23)22(11)8-3-2-6(17)4-7(8)16/h2-5H,1H3,(H,19,20,23). The van der Waals surface area contributed by atoms with Gasteiger partial charge in [-0.05, 0) is 40.8 Å². The lowest BCUT2D eigenvalue weighted by Gasteiger charge is -2.06. The van der Waals surface area contributed by atoms with E-state index in [9.17, 15) is 9.18 Å². The molecule has 1 aromatic carbocycles. The number of aryl methyl sites for hydroxylation is 1. The summed E-state index contributed by atoms with van der Waals surface area (Å²) in [5.74, 6) is -0.517. The minimum atomic E-state index is -0.517. The van der Waals surface area contributed by atoms with Crippen LogP contribution in [-0.2, 0) is 7.05 Å². The molecular formula is C14H8ClFIN5O. The third-order valence-corrected chi connectivity index (χ3v) is 4.60. The van der Waals surface area contributed by atoms with Gasteiger partial charge in [0, 0.05) is 10.6 Å². The Morgan fingerprint density at radius 2 is 2.17 bits per heavy atom. The Balaban J connectivity index is 2.17. The van der Waals surface area contributed by atoms with Crippen molar-refractivity contribution in [1.82, 2.24) is 24.1 Å². The van der Waals surface area contributed by atoms with Crippen molar-refractivity contribution in [2.24, 2.45) is 7.05 Å². The summed E-state index contributed by atoms with van der Waals surface area (Å²) in [6.07, 6.45) is 1.58. The Hall–Kier alpha value is -1.94. The summed E-state index contributed by atoms with van der Waals surface area (Å²) in [6, 6.07) is 4.59. The number of hydrogen-bond donors (Lipinski definition) is 1. The third kappa shape index (κ3) is 2.08. The molecule has 23 heavy (non-hydrogen) atoms. The maximum Gasteiger partial charge on any atom is 0.332 e. The molecule has 9 heteroatoms. The average molecular weight is 444 g/mol. The van der Waals surface area contributed by atoms with E-state index >= 15 is 0 Å². The van der Waals surface area contributed by atoms with E-state index in [4.69, 9.17) is 11.6 Å². The summed E-state index contributed by atoms with van der Waals surface area (Å²) >= 11 is 8.42. The number of pyridine rings is 1. The van der Waals surface area contributed by atoms with Gasteiger partial charge in [-0.3, -0.25) is 9.55 Å². The molecule has 0 fully saturated rings. The minimum Gasteiger partial charge on any atom is -0.318 e. The first-order valence-corrected chi connectivity index (χ1v) is 7.99. The fourth-order valence-electron chi connectivity index (χ4n) is 2.53. The highest BCUT2D eigenvalue weighted by molar-refractivity contribution is 14.1. The Morgan fingerprint density at radius 3 is 2.91 bits per heavy atom. The highest BCUT2D eigenvalue weighted by Crippen LogP contribution is 2.30. The third-order valence-electron chi connectivity index (χ3n) is 3.57. The fourth-order valence-corrected chi connectivity index (χ4v) is 3.29. The van der Waals surface area contributed by atoms with Crippen LogP contribution >= 0.6 is 34.2 Å². The zero-order valence-electron chi connectivity index (χ0n) is 11.6. The van der Waals surface area contributed by atoms with E-state index in [1.807, 2.05) is 22.6 Å². The number of rotatable bonds is 1. The van der Waals surface area contributed by atoms with Gasteiger partial charge >= 0.3 is 5.69 Å². The molecule has 0 spiro atoms. The molecule has 0 saturated carbocycles. The Bertz CT molecular complexity index is 1150. The van der Waals surface area contributed by atoms with E-state index in [2.05, 4.69) is 15.0 Å². The van der Waals surface area contributed by atoms with Gasteiger partial charge in [-0.15, -0.1) is 0 Å². The average Bonchev–Trinajstić information content (AvgIpc) is 3.01. The SMILES string of the molecule is Cn1cnc2c(Cl)c3c(nc21)[nH]c(=O)n3-c1ccc(I)cc1F. The Labute approximate surface area is 147 Å². The molecule has 4 rings (SSSR count). The molecule has 0 aliphatic rings. The Kier molecular flexibility index (Phi) is 3.20. The van der Waals surface area contributed by atoms with Crippen molar-refractivity contribution in [3.05, 3.63) is 49.4 Å². The molecule has 3 aromatic heterocycles. The van der Waals surface area contributed by atoms with Gasteiger partial charge < -0.3 is 4.57 Å². The monoisotopic (exact) mass is 443 g/mol. The van der Waals surface area contributed by atoms with Crippen LogP contribution < -0.4 is 5.69 Å². The number of benzene rings is 1. The maximum atomic E-state index is 14.3. The smallest absolute Gasteiger partial charge is 0.318 e. The van der Waals surface area contributed by atoms with Crippen LogP contribution in [0.5, 0.6) is 0 Å². The van der Waals surface area contributed by atoms with Crippen molar-refractivity contribution in [2.75, 3.05) is 0 Å². The molecule has 0 aliphatic carbocycles. The van der Waals surface area contributed by atoms with Gasteiger partial charge in [0.15, 0.2) is 11.3 Å². The largest absolute Gasteiger partial charge is 0.332 e. The van der Waals surface area contributed by atoms with Crippen molar-refractivity contribution in [3.8, 4) is 5.69 Å². The van der Waals surface area contributed by atoms with E-state index in [1.54, 1.807) is 24.0 Å². The fraction of sp³-hybridized carbons (Fsp3) is 0.0714. The zero-order valence-corrected chi connectivity index (χ0v) is 14.6. The number of H-pyrrole nitrogens is 1. The van der Waals surface area contributed by atoms with Crippen LogP contribution in [0, 0.1) is 9.39 Å². The highest BCUT2D eigenvalue weighted by atomic mass is 127. The topological polar surface area (TPSA) is 68.5 Å². The molecule has 0 atom stereocenters. The second kappa shape index (κ2) is 5.03. The first-order valence-electron chi connectivity index (χ1n) is 6.54. The summed E-state index contributed by atoms with van der Waals surface area (Å²) in [6.45, 7) is 0. The second-order valence-electron chi connectivity index (χ2n) is 5.01. The predicted molar refractivity (Wildman–Crippen MR) is 93.6 cm³/mol. The Morgan fingerprint density at radius 1 is 1.39 bits per heavy atom. The van der Waals surface area contributed by atoms with E-state index in [-0.39, 0.29) is 16.4 Å². The van der Waals surface area contributed by atoms with Gasteiger partial charge in [0.2, 0.25) is 0 Å². The van der Waals surface area contributed by atoms with Gasteiger partial charge in [0.25, 0.3) is 0 Å². The number of aromatic nitrogens is 5. The van der Waals surface area contributed by atoms with Crippen molar-refractivity contribution in [2.45, 2.75) is 0 Å². The maximum absolute atomic E-state index is 14.3. The van der Waals surface area contributed by atoms with Gasteiger partial charge in [0.05, 0.1) is 17.0 Å². The number of imidazole rings is 2. The number of nitrogens with zero attached hydrogens (tertiary/aromatic N) is 4. The first kappa shape index (κ1) is 14.6. The van der Waals surface area contributed by atoms with Crippen molar-refractivity contribution >= 4 is 56.5 Å². The molecule has 1 N–H and O–H groups in total. The van der Waals surface area contributed by atoms with Gasteiger partial charge in [-0.1, -0.05) is 11.6 Å². The van der Waals surface area contributed by atoms with Crippen molar-refractivity contribution in [3.63, 3.8) is 0 Å². The van der Waals surface area contributed by atoms with Crippen LogP contribution in [0.3, 0.4) is 0 Å². The number of halogens is 3. The van der Waals surface area contributed by atoms with Gasteiger partial charge in [-0.25, -0.2) is 19.2 Å². The molecule has 0 saturated heterocycles. The molecule has 0 unspecified atom stereocenters. The molecule has 0 aliphatic heterocycles. The lowest BCUT2D eigenvalue weighted by atomic mass is 10.3. The highest BCUT2D eigenvalue weighted by Gasteiger charge is 2.20. The summed E-state index contributed by atoms with van der Waals surface area (Å²) in [4.78, 5) is 23.5. The molecule has 3 heterocycles. The van der Waals surface area contributed by atoms with Gasteiger partial charge in [0.1, 0.15) is 16.9 Å². The van der Waals surface area contributed by atoms with E-state index < -0.39 is 11.5 Å². The lowest BCUT2D eigenvalue weighted by Crippen LogP contribution is -2.16. The summed E-state index contributed by atoms with van der Waals surface area (Å²) in [7, 11) is 1.78. The van der Waals surface area contributed by atoms with Crippen LogP contribution in [0.4, 0.5) is 4.39 Å². The lowest BCUT2D eigenvalue weighted by molar-refractivity contribution is 0.617. The molecule has 6 nitrogen and oxygen atoms in total. The van der Waals surface area contributed by atoms with E-state index in [0.29, 0.717) is 16.7 Å². The quantitative estimate of drug-likeness (QED) is 0.460. The van der Waals surface area contributed by atoms with Crippen LogP contribution in [-0.4, -0.2) is 24.1 Å². The minimum absolute atomic E-state index is 0.112. The van der Waals surface area contributed by atoms with Crippen LogP contribution in [0.2, 0.25) is 5.02 Å². The number of nitrogens with one attached hydrogen (secondary N) is 1. The summed E-state index contributed by atoms with van der Waals surface area (Å²) < 4.78 is 17.9. The molecule has 0 radical (unpaired) electrons. The summed E-state index contributed by atoms with van der Waals surface area (Å²) in [5.41, 5.74) is 1.20.